The maximum absolute atomic E-state index is 12.0. The van der Waals surface area contributed by atoms with Crippen molar-refractivity contribution in [2.24, 2.45) is 0 Å². The second-order valence-electron chi connectivity index (χ2n) is 4.44. The zero-order valence-electron chi connectivity index (χ0n) is 10.00. The lowest BCUT2D eigenvalue weighted by atomic mass is 10.2. The summed E-state index contributed by atoms with van der Waals surface area (Å²) in [7, 11) is 0. The van der Waals surface area contributed by atoms with Crippen LogP contribution in [0, 0.1) is 6.92 Å². The molecule has 4 heteroatoms. The first-order valence-electron chi connectivity index (χ1n) is 5.79. The van der Waals surface area contributed by atoms with Crippen LogP contribution in [-0.2, 0) is 9.53 Å². The van der Waals surface area contributed by atoms with Gasteiger partial charge in [0.2, 0.25) is 0 Å². The van der Waals surface area contributed by atoms with E-state index >= 15 is 0 Å². The lowest BCUT2D eigenvalue weighted by molar-refractivity contribution is -0.126. The van der Waals surface area contributed by atoms with E-state index in [0.29, 0.717) is 0 Å². The first-order chi connectivity index (χ1) is 8.08. The highest BCUT2D eigenvalue weighted by Crippen LogP contribution is 2.27. The quantitative estimate of drug-likeness (QED) is 0.910. The molecule has 1 aromatic carbocycles. The van der Waals surface area contributed by atoms with E-state index in [-0.39, 0.29) is 18.1 Å². The number of benzene rings is 1. The Labute approximate surface area is 110 Å². The van der Waals surface area contributed by atoms with Gasteiger partial charge in [0.15, 0.2) is 0 Å². The van der Waals surface area contributed by atoms with Gasteiger partial charge >= 0.3 is 0 Å². The van der Waals surface area contributed by atoms with E-state index in [2.05, 4.69) is 21.2 Å². The van der Waals surface area contributed by atoms with E-state index < -0.39 is 0 Å². The highest BCUT2D eigenvalue weighted by molar-refractivity contribution is 9.10. The van der Waals surface area contributed by atoms with Crippen molar-refractivity contribution in [3.8, 4) is 0 Å². The number of anilines is 1. The highest BCUT2D eigenvalue weighted by Gasteiger charge is 2.28. The van der Waals surface area contributed by atoms with Gasteiger partial charge in [-0.15, -0.1) is 0 Å². The van der Waals surface area contributed by atoms with Crippen LogP contribution in [0.1, 0.15) is 25.3 Å². The van der Waals surface area contributed by atoms with Crippen molar-refractivity contribution in [2.45, 2.75) is 38.9 Å². The van der Waals surface area contributed by atoms with Crippen LogP contribution in [0.3, 0.4) is 0 Å². The molecule has 1 N–H and O–H groups in total. The van der Waals surface area contributed by atoms with Crippen LogP contribution in [0.4, 0.5) is 5.69 Å². The van der Waals surface area contributed by atoms with Crippen molar-refractivity contribution in [3.05, 3.63) is 28.2 Å². The molecule has 1 aromatic rings. The van der Waals surface area contributed by atoms with Gasteiger partial charge in [-0.2, -0.15) is 0 Å². The summed E-state index contributed by atoms with van der Waals surface area (Å²) in [6.45, 7) is 3.99. The number of carbonyl (C=O) groups excluding carboxylic acids is 1. The molecule has 3 nitrogen and oxygen atoms in total. The molecule has 0 spiro atoms. The number of aryl methyl sites for hydroxylation is 1. The molecule has 92 valence electrons. The molecule has 2 unspecified atom stereocenters. The summed E-state index contributed by atoms with van der Waals surface area (Å²) in [6.07, 6.45) is 1.63. The molecule has 0 saturated carbocycles. The number of amides is 1. The molecule has 0 bridgehead atoms. The minimum Gasteiger partial charge on any atom is -0.365 e. The number of halogens is 1. The summed E-state index contributed by atoms with van der Waals surface area (Å²) < 4.78 is 6.47. The standard InChI is InChI=1S/C13H16BrNO2/c1-8-4-3-5-10(12(8)14)15-13(16)11-7-6-9(2)17-11/h3-5,9,11H,6-7H2,1-2H3,(H,15,16). The fourth-order valence-electron chi connectivity index (χ4n) is 1.95. The fourth-order valence-corrected chi connectivity index (χ4v) is 2.32. The predicted octanol–water partition coefficient (Wildman–Crippen LogP) is 3.26. The van der Waals surface area contributed by atoms with Crippen LogP contribution in [-0.4, -0.2) is 18.1 Å². The van der Waals surface area contributed by atoms with Gasteiger partial charge in [0.25, 0.3) is 5.91 Å². The van der Waals surface area contributed by atoms with E-state index in [0.717, 1.165) is 28.6 Å². The molecule has 1 fully saturated rings. The van der Waals surface area contributed by atoms with E-state index in [4.69, 9.17) is 4.74 Å². The number of nitrogens with one attached hydrogen (secondary N) is 1. The molecule has 1 aliphatic heterocycles. The molecule has 1 heterocycles. The predicted molar refractivity (Wildman–Crippen MR) is 71.1 cm³/mol. The summed E-state index contributed by atoms with van der Waals surface area (Å²) >= 11 is 3.47. The minimum atomic E-state index is -0.308. The Morgan fingerprint density at radius 1 is 1.47 bits per heavy atom. The van der Waals surface area contributed by atoms with Crippen molar-refractivity contribution in [3.63, 3.8) is 0 Å². The molecule has 0 radical (unpaired) electrons. The molecule has 1 aliphatic rings. The van der Waals surface area contributed by atoms with E-state index in [1.54, 1.807) is 0 Å². The third-order valence-corrected chi connectivity index (χ3v) is 4.03. The monoisotopic (exact) mass is 297 g/mol. The van der Waals surface area contributed by atoms with E-state index in [1.807, 2.05) is 32.0 Å². The number of rotatable bonds is 2. The van der Waals surface area contributed by atoms with Gasteiger partial charge < -0.3 is 10.1 Å². The molecule has 2 atom stereocenters. The second kappa shape index (κ2) is 5.19. The lowest BCUT2D eigenvalue weighted by Gasteiger charge is -2.13. The SMILES string of the molecule is Cc1cccc(NC(=O)C2CCC(C)O2)c1Br. The zero-order chi connectivity index (χ0) is 12.4. The van der Waals surface area contributed by atoms with Gasteiger partial charge in [0, 0.05) is 4.47 Å². The van der Waals surface area contributed by atoms with Gasteiger partial charge in [0.05, 0.1) is 11.8 Å². The average Bonchev–Trinajstić information content (AvgIpc) is 2.72. The maximum atomic E-state index is 12.0. The first kappa shape index (κ1) is 12.6. The minimum absolute atomic E-state index is 0.0550. The van der Waals surface area contributed by atoms with Gasteiger partial charge in [0.1, 0.15) is 6.10 Å². The van der Waals surface area contributed by atoms with Gasteiger partial charge in [-0.3, -0.25) is 4.79 Å². The van der Waals surface area contributed by atoms with Crippen molar-refractivity contribution >= 4 is 27.5 Å². The summed E-state index contributed by atoms with van der Waals surface area (Å²) in [5.74, 6) is -0.0550. The molecule has 17 heavy (non-hydrogen) atoms. The van der Waals surface area contributed by atoms with Crippen LogP contribution < -0.4 is 5.32 Å². The van der Waals surface area contributed by atoms with Crippen LogP contribution in [0.5, 0.6) is 0 Å². The van der Waals surface area contributed by atoms with Crippen molar-refractivity contribution in [1.29, 1.82) is 0 Å². The largest absolute Gasteiger partial charge is 0.365 e. The Hall–Kier alpha value is -0.870. The first-order valence-corrected chi connectivity index (χ1v) is 6.58. The van der Waals surface area contributed by atoms with Gasteiger partial charge in [-0.1, -0.05) is 12.1 Å². The Morgan fingerprint density at radius 3 is 2.88 bits per heavy atom. The lowest BCUT2D eigenvalue weighted by Crippen LogP contribution is -2.27. The van der Waals surface area contributed by atoms with Gasteiger partial charge in [-0.05, 0) is 54.2 Å². The number of hydrogen-bond acceptors (Lipinski definition) is 2. The Balaban J connectivity index is 2.06. The Bertz CT molecular complexity index is 433. The normalized spacial score (nSPS) is 23.7. The summed E-state index contributed by atoms with van der Waals surface area (Å²) in [5, 5.41) is 2.90. The van der Waals surface area contributed by atoms with Crippen molar-refractivity contribution in [1.82, 2.24) is 0 Å². The zero-order valence-corrected chi connectivity index (χ0v) is 11.6. The highest BCUT2D eigenvalue weighted by atomic mass is 79.9. The Morgan fingerprint density at radius 2 is 2.24 bits per heavy atom. The fraction of sp³-hybridized carbons (Fsp3) is 0.462. The molecule has 1 amide bonds. The molecular formula is C13H16BrNO2. The summed E-state index contributed by atoms with van der Waals surface area (Å²) in [5.41, 5.74) is 1.90. The van der Waals surface area contributed by atoms with E-state index in [1.165, 1.54) is 0 Å². The molecule has 0 aromatic heterocycles. The van der Waals surface area contributed by atoms with Crippen LogP contribution in [0.15, 0.2) is 22.7 Å². The third kappa shape index (κ3) is 2.87. The number of hydrogen-bond donors (Lipinski definition) is 1. The van der Waals surface area contributed by atoms with Crippen LogP contribution in [0.25, 0.3) is 0 Å². The number of ether oxygens (including phenoxy) is 1. The molecule has 1 saturated heterocycles. The maximum Gasteiger partial charge on any atom is 0.253 e. The second-order valence-corrected chi connectivity index (χ2v) is 5.23. The van der Waals surface area contributed by atoms with Gasteiger partial charge in [-0.25, -0.2) is 0 Å². The average molecular weight is 298 g/mol. The summed E-state index contributed by atoms with van der Waals surface area (Å²) in [6, 6.07) is 5.80. The molecular weight excluding hydrogens is 282 g/mol. The molecule has 0 aliphatic carbocycles. The van der Waals surface area contributed by atoms with Crippen molar-refractivity contribution in [2.75, 3.05) is 5.32 Å². The third-order valence-electron chi connectivity index (χ3n) is 2.97. The summed E-state index contributed by atoms with van der Waals surface area (Å²) in [4.78, 5) is 12.0. The van der Waals surface area contributed by atoms with Crippen molar-refractivity contribution < 1.29 is 9.53 Å². The molecule has 2 rings (SSSR count). The smallest absolute Gasteiger partial charge is 0.253 e. The van der Waals surface area contributed by atoms with Crippen LogP contribution in [0.2, 0.25) is 0 Å². The van der Waals surface area contributed by atoms with E-state index in [9.17, 15) is 4.79 Å². The van der Waals surface area contributed by atoms with Crippen LogP contribution >= 0.6 is 15.9 Å². The topological polar surface area (TPSA) is 38.3 Å². The number of carbonyl (C=O) groups is 1. The Kier molecular flexibility index (Phi) is 3.84.